The summed E-state index contributed by atoms with van der Waals surface area (Å²) in [6, 6.07) is 67.8. The molecule has 9 aromatic rings. The minimum Gasteiger partial charge on any atom is -0.561 e. The van der Waals surface area contributed by atoms with Gasteiger partial charge in [0.15, 0.2) is 0 Å². The number of benzene rings is 6. The Balaban J connectivity index is 0.000000268. The summed E-state index contributed by atoms with van der Waals surface area (Å²) in [6.45, 7) is 0. The normalized spacial score (nSPS) is 11.0. The average molecular weight is 980 g/mol. The van der Waals surface area contributed by atoms with Crippen LogP contribution >= 0.6 is 0 Å². The van der Waals surface area contributed by atoms with E-state index in [1.807, 2.05) is 30.3 Å². The van der Waals surface area contributed by atoms with Crippen molar-refractivity contribution < 1.29 is 19.8 Å². The van der Waals surface area contributed by atoms with Crippen molar-refractivity contribution in [2.24, 2.45) is 0 Å². The zero-order valence-corrected chi connectivity index (χ0v) is 39.0. The smallest absolute Gasteiger partial charge is 0.561 e. The van der Waals surface area contributed by atoms with Crippen LogP contribution in [0.4, 0.5) is 0 Å². The molecule has 8 nitrogen and oxygen atoms in total. The van der Waals surface area contributed by atoms with Crippen molar-refractivity contribution in [3.8, 4) is 44.5 Å². The van der Waals surface area contributed by atoms with Crippen molar-refractivity contribution in [2.45, 2.75) is 0 Å². The Morgan fingerprint density at radius 2 is 0.552 bits per heavy atom. The van der Waals surface area contributed by atoms with Crippen LogP contribution in [0, 0.1) is 0 Å². The predicted molar refractivity (Wildman–Crippen MR) is 275 cm³/mol. The minimum absolute atomic E-state index is 0. The van der Waals surface area contributed by atoms with Gasteiger partial charge in [0.05, 0.1) is 22.8 Å². The molecular formula is C58H44N4O4Sn+4. The number of hydrogen-bond donors (Lipinski definition) is 2. The molecule has 0 aliphatic carbocycles. The van der Waals surface area contributed by atoms with Gasteiger partial charge in [0, 0.05) is 53.9 Å². The standard InChI is InChI=1S/C44H30N4.2C7H6O2.Sn/c1-5-13-29(14-6-1)41-33-21-23-35(45-33)42(30-15-7-2-8-16-30)37-25-27-39(47-37)44(32-19-11-4-12-20-32)40-28-26-38(48-40)43(31-17-9-3-10-18-31)36-24-22-34(41)46-36;2*8-7(9)6-4-2-1-3-5-6;/h1-28,45-46H;2*1-5H,(H,8,9);/q;;;+2/p+2. The number of fused-ring (bicyclic) bond motifs is 8. The molecule has 3 aromatic heterocycles. The van der Waals surface area contributed by atoms with E-state index in [0.717, 1.165) is 89.4 Å². The second kappa shape index (κ2) is 21.1. The molecule has 0 amide bonds. The molecule has 5 heterocycles. The van der Waals surface area contributed by atoms with E-state index in [1.165, 1.54) is 0 Å². The van der Waals surface area contributed by atoms with Gasteiger partial charge >= 0.3 is 35.8 Å². The van der Waals surface area contributed by atoms with Gasteiger partial charge in [0.1, 0.15) is 11.1 Å². The van der Waals surface area contributed by atoms with E-state index in [4.69, 9.17) is 20.2 Å². The van der Waals surface area contributed by atoms with E-state index >= 15 is 0 Å². The maximum absolute atomic E-state index is 10.3. The molecule has 0 fully saturated rings. The largest absolute Gasteiger partial charge is 2.00 e. The number of nitrogens with one attached hydrogen (secondary N) is 2. The summed E-state index contributed by atoms with van der Waals surface area (Å²) in [6.07, 6.45) is 8.50. The van der Waals surface area contributed by atoms with Gasteiger partial charge in [0.25, 0.3) is 0 Å². The molecule has 11 rings (SSSR count). The maximum Gasteiger partial charge on any atom is 2.00 e. The maximum atomic E-state index is 10.3. The summed E-state index contributed by atoms with van der Waals surface area (Å²) in [5, 5.41) is 13.4. The van der Waals surface area contributed by atoms with Crippen molar-refractivity contribution in [1.82, 2.24) is 19.9 Å². The van der Waals surface area contributed by atoms with E-state index < -0.39 is 11.9 Å². The topological polar surface area (TPSA) is 137 Å². The molecule has 0 spiro atoms. The SMILES string of the molecule is C1=Cc2nc1c(-c1ccccc1)c1nc(c(-c3ccccc3)c3ccc([nH]3)c(-c3ccccc3)c3ccc([nH]3)c2-c2ccccc2)C=C1.O=C([OH2+])c1ccccc1.O=C([OH2+])c1ccccc1.[Sn+2]. The molecule has 2 aliphatic rings. The first-order valence-corrected chi connectivity index (χ1v) is 21.4. The van der Waals surface area contributed by atoms with Crippen LogP contribution in [0.3, 0.4) is 0 Å². The fourth-order valence-electron chi connectivity index (χ4n) is 8.02. The Hall–Kier alpha value is -8.34. The number of carbonyl (C=O) groups is 2. The molecule has 320 valence electrons. The van der Waals surface area contributed by atoms with Crippen molar-refractivity contribution in [3.63, 3.8) is 0 Å². The van der Waals surface area contributed by atoms with Crippen LogP contribution in [-0.4, -0.2) is 66.0 Å². The van der Waals surface area contributed by atoms with E-state index in [0.29, 0.717) is 11.1 Å². The van der Waals surface area contributed by atoms with E-state index in [9.17, 15) is 9.59 Å². The predicted octanol–water partition coefficient (Wildman–Crippen LogP) is 12.0. The summed E-state index contributed by atoms with van der Waals surface area (Å²) in [5.74, 6) is -1.26. The molecule has 0 saturated heterocycles. The summed E-state index contributed by atoms with van der Waals surface area (Å²) >= 11 is 0. The van der Waals surface area contributed by atoms with Crippen LogP contribution in [0.25, 0.3) is 90.9 Å². The van der Waals surface area contributed by atoms with Gasteiger partial charge in [-0.25, -0.2) is 9.97 Å². The van der Waals surface area contributed by atoms with Crippen LogP contribution in [0.15, 0.2) is 206 Å². The number of aromatic nitrogens is 4. The van der Waals surface area contributed by atoms with E-state index in [1.54, 1.807) is 48.5 Å². The summed E-state index contributed by atoms with van der Waals surface area (Å²) in [5.41, 5.74) is 17.0. The summed E-state index contributed by atoms with van der Waals surface area (Å²) in [7, 11) is 0. The summed E-state index contributed by atoms with van der Waals surface area (Å²) in [4.78, 5) is 38.9. The van der Waals surface area contributed by atoms with Crippen LogP contribution in [0.1, 0.15) is 43.5 Å². The Labute approximate surface area is 404 Å². The van der Waals surface area contributed by atoms with E-state index in [-0.39, 0.29) is 23.9 Å². The Morgan fingerprint density at radius 3 is 0.836 bits per heavy atom. The molecule has 0 saturated carbocycles. The van der Waals surface area contributed by atoms with Gasteiger partial charge in [0.2, 0.25) is 0 Å². The van der Waals surface area contributed by atoms with Crippen molar-refractivity contribution in [2.75, 3.05) is 0 Å². The van der Waals surface area contributed by atoms with E-state index in [2.05, 4.69) is 162 Å². The van der Waals surface area contributed by atoms with Gasteiger partial charge in [-0.05, 0) is 95.1 Å². The van der Waals surface area contributed by atoms with Crippen LogP contribution in [0.5, 0.6) is 0 Å². The molecular weight excluding hydrogens is 935 g/mol. The number of aromatic amines is 2. The molecule has 2 radical (unpaired) electrons. The first-order chi connectivity index (χ1) is 32.4. The van der Waals surface area contributed by atoms with Crippen LogP contribution in [0.2, 0.25) is 0 Å². The molecule has 0 unspecified atom stereocenters. The van der Waals surface area contributed by atoms with Gasteiger partial charge < -0.3 is 20.2 Å². The molecule has 2 aliphatic heterocycles. The molecule has 6 N–H and O–H groups in total. The zero-order chi connectivity index (χ0) is 45.2. The van der Waals surface area contributed by atoms with Gasteiger partial charge in [-0.1, -0.05) is 158 Å². The monoisotopic (exact) mass is 980 g/mol. The molecule has 0 atom stereocenters. The van der Waals surface area contributed by atoms with Gasteiger partial charge in [-0.2, -0.15) is 0 Å². The number of nitrogens with zero attached hydrogens (tertiary/aromatic N) is 2. The van der Waals surface area contributed by atoms with Gasteiger partial charge in [-0.3, -0.25) is 0 Å². The average Bonchev–Trinajstić information content (AvgIpc) is 4.23. The van der Waals surface area contributed by atoms with Crippen LogP contribution in [-0.2, 0) is 0 Å². The quantitative estimate of drug-likeness (QED) is 0.127. The molecule has 9 heteroatoms. The number of carbonyl (C=O) groups excluding carboxylic acids is 2. The number of H-pyrrole nitrogens is 2. The number of rotatable bonds is 6. The minimum atomic E-state index is -0.629. The third kappa shape index (κ3) is 10.3. The fourth-order valence-corrected chi connectivity index (χ4v) is 8.02. The second-order valence-corrected chi connectivity index (χ2v) is 15.4. The van der Waals surface area contributed by atoms with Crippen molar-refractivity contribution in [3.05, 3.63) is 240 Å². The zero-order valence-electron chi connectivity index (χ0n) is 36.2. The third-order valence-corrected chi connectivity index (χ3v) is 11.1. The summed E-state index contributed by atoms with van der Waals surface area (Å²) < 4.78 is 0. The first kappa shape index (κ1) is 45.2. The molecule has 8 bridgehead atoms. The van der Waals surface area contributed by atoms with Crippen molar-refractivity contribution >= 4 is 82.2 Å². The molecule has 67 heavy (non-hydrogen) atoms. The van der Waals surface area contributed by atoms with Gasteiger partial charge in [-0.15, -0.1) is 0 Å². The van der Waals surface area contributed by atoms with Crippen LogP contribution < -0.4 is 0 Å². The Bertz CT molecular complexity index is 3200. The number of hydrogen-bond acceptors (Lipinski definition) is 4. The Morgan fingerprint density at radius 1 is 0.313 bits per heavy atom. The first-order valence-electron chi connectivity index (χ1n) is 21.4. The second-order valence-electron chi connectivity index (χ2n) is 15.4. The fraction of sp³-hybridized carbons (Fsp3) is 0. The Kier molecular flexibility index (Phi) is 14.2. The molecule has 6 aromatic carbocycles. The van der Waals surface area contributed by atoms with Crippen molar-refractivity contribution in [1.29, 1.82) is 0 Å². The third-order valence-electron chi connectivity index (χ3n) is 11.1.